The van der Waals surface area contributed by atoms with Crippen LogP contribution in [0.15, 0.2) is 24.3 Å². The molecular weight excluding hydrogens is 276 g/mol. The highest BCUT2D eigenvalue weighted by Crippen LogP contribution is 2.28. The molecule has 1 heterocycles. The van der Waals surface area contributed by atoms with E-state index in [1.54, 1.807) is 24.3 Å². The third-order valence-corrected chi connectivity index (χ3v) is 3.24. The summed E-state index contributed by atoms with van der Waals surface area (Å²) < 4.78 is 10.6. The van der Waals surface area contributed by atoms with Crippen LogP contribution in [0.25, 0.3) is 0 Å². The Morgan fingerprint density at radius 3 is 2.42 bits per heavy atom. The largest absolute Gasteiger partial charge is 0.460 e. The maximum absolute atomic E-state index is 9.79. The van der Waals surface area contributed by atoms with E-state index in [1.807, 2.05) is 0 Å². The molecule has 0 bridgehead atoms. The van der Waals surface area contributed by atoms with Crippen molar-refractivity contribution in [3.63, 3.8) is 0 Å². The van der Waals surface area contributed by atoms with E-state index in [1.165, 1.54) is 0 Å². The molecule has 6 nitrogen and oxygen atoms in total. The molecule has 4 N–H and O–H groups in total. The molecule has 1 aromatic rings. The highest BCUT2D eigenvalue weighted by atomic mass is 35.5. The zero-order valence-electron chi connectivity index (χ0n) is 9.89. The van der Waals surface area contributed by atoms with E-state index in [0.29, 0.717) is 5.02 Å². The summed E-state index contributed by atoms with van der Waals surface area (Å²) in [5, 5.41) is 38.4. The van der Waals surface area contributed by atoms with Gasteiger partial charge in [-0.05, 0) is 12.1 Å². The van der Waals surface area contributed by atoms with Gasteiger partial charge < -0.3 is 29.9 Å². The summed E-state index contributed by atoms with van der Waals surface area (Å²) >= 11 is 5.90. The third-order valence-electron chi connectivity index (χ3n) is 2.93. The van der Waals surface area contributed by atoms with Gasteiger partial charge in [-0.3, -0.25) is 0 Å². The fourth-order valence-electron chi connectivity index (χ4n) is 1.83. The maximum Gasteiger partial charge on any atom is 0.229 e. The van der Waals surface area contributed by atoms with E-state index in [4.69, 9.17) is 26.2 Å². The number of aliphatic hydroxyl groups excluding tert-OH is 4. The van der Waals surface area contributed by atoms with E-state index in [-0.39, 0.29) is 5.75 Å². The lowest BCUT2D eigenvalue weighted by Gasteiger charge is -2.39. The lowest BCUT2D eigenvalue weighted by Crippen LogP contribution is -2.60. The summed E-state index contributed by atoms with van der Waals surface area (Å²) in [5.74, 6) is 0.272. The fourth-order valence-corrected chi connectivity index (χ4v) is 2.01. The van der Waals surface area contributed by atoms with Gasteiger partial charge in [0.25, 0.3) is 0 Å². The molecule has 1 aliphatic heterocycles. The average Bonchev–Trinajstić information content (AvgIpc) is 2.41. The molecule has 1 aliphatic rings. The number of hydrogen-bond acceptors (Lipinski definition) is 6. The number of rotatable bonds is 3. The fraction of sp³-hybridized carbons (Fsp3) is 0.500. The van der Waals surface area contributed by atoms with Crippen molar-refractivity contribution in [2.45, 2.75) is 30.7 Å². The van der Waals surface area contributed by atoms with Gasteiger partial charge in [-0.1, -0.05) is 23.7 Å². The molecule has 19 heavy (non-hydrogen) atoms. The predicted octanol–water partition coefficient (Wildman–Crippen LogP) is -0.481. The second-order valence-corrected chi connectivity index (χ2v) is 4.65. The van der Waals surface area contributed by atoms with Crippen molar-refractivity contribution in [3.05, 3.63) is 29.3 Å². The summed E-state index contributed by atoms with van der Waals surface area (Å²) in [5.41, 5.74) is 0. The molecule has 1 fully saturated rings. The van der Waals surface area contributed by atoms with Crippen LogP contribution in [0.1, 0.15) is 0 Å². The number of benzene rings is 1. The van der Waals surface area contributed by atoms with Gasteiger partial charge in [-0.25, -0.2) is 0 Å². The Morgan fingerprint density at radius 1 is 1.11 bits per heavy atom. The van der Waals surface area contributed by atoms with Crippen LogP contribution in [0.2, 0.25) is 5.02 Å². The Hall–Kier alpha value is -0.890. The van der Waals surface area contributed by atoms with E-state index < -0.39 is 37.3 Å². The lowest BCUT2D eigenvalue weighted by molar-refractivity contribution is -0.277. The van der Waals surface area contributed by atoms with Crippen LogP contribution >= 0.6 is 11.6 Å². The molecule has 0 unspecified atom stereocenters. The topological polar surface area (TPSA) is 99.4 Å². The van der Waals surface area contributed by atoms with Crippen molar-refractivity contribution in [2.75, 3.05) is 6.61 Å². The number of hydrogen-bond donors (Lipinski definition) is 4. The zero-order valence-corrected chi connectivity index (χ0v) is 10.6. The first-order chi connectivity index (χ1) is 9.04. The van der Waals surface area contributed by atoms with Gasteiger partial charge in [-0.2, -0.15) is 0 Å². The van der Waals surface area contributed by atoms with Gasteiger partial charge in [0.2, 0.25) is 6.29 Å². The molecule has 5 atom stereocenters. The van der Waals surface area contributed by atoms with E-state index >= 15 is 0 Å². The summed E-state index contributed by atoms with van der Waals surface area (Å²) in [6.45, 7) is -0.507. The number of aliphatic hydroxyl groups is 4. The third kappa shape index (κ3) is 3.00. The Kier molecular flexibility index (Phi) is 4.62. The molecule has 1 saturated heterocycles. The van der Waals surface area contributed by atoms with Gasteiger partial charge in [-0.15, -0.1) is 0 Å². The average molecular weight is 291 g/mol. The van der Waals surface area contributed by atoms with Crippen LogP contribution in [0.5, 0.6) is 5.75 Å². The normalized spacial score (nSPS) is 35.1. The monoisotopic (exact) mass is 290 g/mol. The number of ether oxygens (including phenoxy) is 2. The Bertz CT molecular complexity index is 426. The van der Waals surface area contributed by atoms with Crippen LogP contribution in [0.3, 0.4) is 0 Å². The van der Waals surface area contributed by atoms with Gasteiger partial charge in [0, 0.05) is 0 Å². The van der Waals surface area contributed by atoms with Crippen LogP contribution in [0.4, 0.5) is 0 Å². The Balaban J connectivity index is 2.13. The zero-order chi connectivity index (χ0) is 14.0. The van der Waals surface area contributed by atoms with Crippen molar-refractivity contribution >= 4 is 11.6 Å². The number of halogens is 1. The highest BCUT2D eigenvalue weighted by molar-refractivity contribution is 6.32. The standard InChI is InChI=1S/C12H15ClO6/c13-6-3-1-2-4-7(6)18-12-11(17)10(16)9(15)8(5-14)19-12/h1-4,8-12,14-17H,5H2/t8-,9+,10+,11-,12-/m0/s1. The minimum atomic E-state index is -1.47. The molecule has 0 spiro atoms. The van der Waals surface area contributed by atoms with E-state index in [0.717, 1.165) is 0 Å². The summed E-state index contributed by atoms with van der Waals surface area (Å²) in [6, 6.07) is 6.57. The second kappa shape index (κ2) is 6.04. The van der Waals surface area contributed by atoms with Gasteiger partial charge in [0.15, 0.2) is 0 Å². The first kappa shape index (κ1) is 14.5. The van der Waals surface area contributed by atoms with Crippen LogP contribution in [0, 0.1) is 0 Å². The van der Waals surface area contributed by atoms with Gasteiger partial charge >= 0.3 is 0 Å². The minimum absolute atomic E-state index is 0.272. The summed E-state index contributed by atoms with van der Waals surface area (Å²) in [4.78, 5) is 0. The van der Waals surface area contributed by atoms with Gasteiger partial charge in [0.05, 0.1) is 11.6 Å². The second-order valence-electron chi connectivity index (χ2n) is 4.25. The Labute approximate surface area is 114 Å². The molecule has 0 saturated carbocycles. The minimum Gasteiger partial charge on any atom is -0.460 e. The van der Waals surface area contributed by atoms with E-state index in [2.05, 4.69) is 0 Å². The maximum atomic E-state index is 9.79. The van der Waals surface area contributed by atoms with E-state index in [9.17, 15) is 15.3 Å². The smallest absolute Gasteiger partial charge is 0.229 e. The highest BCUT2D eigenvalue weighted by Gasteiger charge is 2.44. The van der Waals surface area contributed by atoms with Crippen LogP contribution in [-0.2, 0) is 4.74 Å². The first-order valence-corrected chi connectivity index (χ1v) is 6.14. The molecule has 0 radical (unpaired) electrons. The molecule has 0 aliphatic carbocycles. The molecule has 7 heteroatoms. The first-order valence-electron chi connectivity index (χ1n) is 5.76. The summed E-state index contributed by atoms with van der Waals surface area (Å²) in [6.07, 6.45) is -6.57. The van der Waals surface area contributed by atoms with Crippen molar-refractivity contribution in [3.8, 4) is 5.75 Å². The van der Waals surface area contributed by atoms with Crippen molar-refractivity contribution in [2.24, 2.45) is 0 Å². The number of para-hydroxylation sites is 1. The predicted molar refractivity (Wildman–Crippen MR) is 65.8 cm³/mol. The van der Waals surface area contributed by atoms with Crippen molar-refractivity contribution in [1.82, 2.24) is 0 Å². The molecule has 2 rings (SSSR count). The van der Waals surface area contributed by atoms with Crippen molar-refractivity contribution in [1.29, 1.82) is 0 Å². The molecule has 0 aromatic heterocycles. The SMILES string of the molecule is OC[C@@H]1O[C@H](Oc2ccccc2Cl)[C@@H](O)[C@H](O)[C@@H]1O. The van der Waals surface area contributed by atoms with Crippen LogP contribution < -0.4 is 4.74 Å². The molecular formula is C12H15ClO6. The lowest BCUT2D eigenvalue weighted by atomic mass is 9.99. The quantitative estimate of drug-likeness (QED) is 0.600. The van der Waals surface area contributed by atoms with Crippen molar-refractivity contribution < 1.29 is 29.9 Å². The van der Waals surface area contributed by atoms with Gasteiger partial charge in [0.1, 0.15) is 30.2 Å². The van der Waals surface area contributed by atoms with Crippen LogP contribution in [-0.4, -0.2) is 57.7 Å². The molecule has 0 amide bonds. The Morgan fingerprint density at radius 2 is 1.79 bits per heavy atom. The molecule has 1 aromatic carbocycles. The molecule has 106 valence electrons. The summed E-state index contributed by atoms with van der Waals surface area (Å²) in [7, 11) is 0.